The molecule has 2 aliphatic rings. The van der Waals surface area contributed by atoms with Crippen LogP contribution < -0.4 is 0 Å². The van der Waals surface area contributed by atoms with Gasteiger partial charge in [0, 0.05) is 0 Å². The molecule has 0 unspecified atom stereocenters. The third kappa shape index (κ3) is 2.64. The Labute approximate surface area is 212 Å². The maximum atomic E-state index is 3.99. The van der Waals surface area contributed by atoms with E-state index in [1.807, 2.05) is 6.08 Å². The van der Waals surface area contributed by atoms with Crippen molar-refractivity contribution in [2.24, 2.45) is 0 Å². The topological polar surface area (TPSA) is 0 Å². The zero-order valence-corrected chi connectivity index (χ0v) is 20.3. The second kappa shape index (κ2) is 7.80. The first-order valence-corrected chi connectivity index (χ1v) is 12.6. The average molecular weight is 459 g/mol. The molecule has 0 aromatic heterocycles. The van der Waals surface area contributed by atoms with Gasteiger partial charge >= 0.3 is 0 Å². The molecule has 0 N–H and O–H groups in total. The minimum atomic E-state index is -0.277. The van der Waals surface area contributed by atoms with E-state index in [1.165, 1.54) is 61.2 Å². The lowest BCUT2D eigenvalue weighted by atomic mass is 9.70. The molecule has 0 saturated heterocycles. The summed E-state index contributed by atoms with van der Waals surface area (Å²) in [5.41, 5.74) is 15.4. The second-order valence-electron chi connectivity index (χ2n) is 9.68. The van der Waals surface area contributed by atoms with Crippen molar-refractivity contribution in [3.63, 3.8) is 0 Å². The molecule has 36 heavy (non-hydrogen) atoms. The molecule has 2 aliphatic carbocycles. The van der Waals surface area contributed by atoms with Gasteiger partial charge in [-0.25, -0.2) is 0 Å². The van der Waals surface area contributed by atoms with E-state index in [1.54, 1.807) is 0 Å². The fraction of sp³-hybridized carbons (Fsp3) is 0.0556. The molecule has 0 amide bonds. The Morgan fingerprint density at radius 2 is 1.08 bits per heavy atom. The largest absolute Gasteiger partial charge is 0.0985 e. The molecule has 5 aromatic carbocycles. The highest BCUT2D eigenvalue weighted by Crippen LogP contribution is 2.62. The molecule has 0 aliphatic heterocycles. The summed E-state index contributed by atoms with van der Waals surface area (Å²) in [6.07, 6.45) is 4.04. The second-order valence-corrected chi connectivity index (χ2v) is 9.68. The van der Waals surface area contributed by atoms with Gasteiger partial charge in [0.25, 0.3) is 0 Å². The van der Waals surface area contributed by atoms with Crippen molar-refractivity contribution in [3.8, 4) is 33.4 Å². The quantitative estimate of drug-likeness (QED) is 0.231. The molecule has 7 rings (SSSR count). The molecule has 0 saturated carbocycles. The van der Waals surface area contributed by atoms with Gasteiger partial charge in [-0.05, 0) is 85.8 Å². The van der Waals surface area contributed by atoms with Gasteiger partial charge in [-0.2, -0.15) is 0 Å². The van der Waals surface area contributed by atoms with Gasteiger partial charge in [-0.15, -0.1) is 0 Å². The van der Waals surface area contributed by atoms with Crippen molar-refractivity contribution in [1.29, 1.82) is 0 Å². The molecule has 0 bridgehead atoms. The Balaban J connectivity index is 1.51. The molecule has 0 fully saturated rings. The van der Waals surface area contributed by atoms with Crippen LogP contribution in [0.15, 0.2) is 134 Å². The van der Waals surface area contributed by atoms with Gasteiger partial charge in [-0.3, -0.25) is 0 Å². The van der Waals surface area contributed by atoms with E-state index in [2.05, 4.69) is 135 Å². The van der Waals surface area contributed by atoms with Crippen molar-refractivity contribution in [2.75, 3.05) is 0 Å². The van der Waals surface area contributed by atoms with Gasteiger partial charge in [0.2, 0.25) is 0 Å². The van der Waals surface area contributed by atoms with Crippen LogP contribution >= 0.6 is 0 Å². The predicted octanol–water partition coefficient (Wildman–Crippen LogP) is 9.29. The highest BCUT2D eigenvalue weighted by atomic mass is 14.5. The van der Waals surface area contributed by atoms with Crippen molar-refractivity contribution in [1.82, 2.24) is 0 Å². The van der Waals surface area contributed by atoms with Crippen LogP contribution in [0.4, 0.5) is 0 Å². The van der Waals surface area contributed by atoms with Crippen molar-refractivity contribution in [3.05, 3.63) is 162 Å². The SMILES string of the molecule is C=C/C(=C\C)c1cccc(-c2ccc3c(c2)-c2ccccc2C32c3ccccc3-c3ccccc32)c1. The minimum absolute atomic E-state index is 0.277. The van der Waals surface area contributed by atoms with Crippen LogP contribution in [0.3, 0.4) is 0 Å². The first-order valence-electron chi connectivity index (χ1n) is 12.6. The Bertz CT molecular complexity index is 1670. The summed E-state index contributed by atoms with van der Waals surface area (Å²) in [5, 5.41) is 0. The maximum Gasteiger partial charge on any atom is 0.0725 e. The molecule has 5 aromatic rings. The maximum absolute atomic E-state index is 3.99. The Morgan fingerprint density at radius 3 is 1.67 bits per heavy atom. The number of fused-ring (bicyclic) bond motifs is 10. The van der Waals surface area contributed by atoms with Gasteiger partial charge in [0.1, 0.15) is 0 Å². The smallest absolute Gasteiger partial charge is 0.0725 e. The normalized spacial score (nSPS) is 14.2. The fourth-order valence-corrected chi connectivity index (χ4v) is 6.56. The highest BCUT2D eigenvalue weighted by molar-refractivity contribution is 5.96. The molecule has 0 atom stereocenters. The summed E-state index contributed by atoms with van der Waals surface area (Å²) in [7, 11) is 0. The number of rotatable bonds is 3. The first-order chi connectivity index (χ1) is 17.8. The Morgan fingerprint density at radius 1 is 0.556 bits per heavy atom. The fourth-order valence-electron chi connectivity index (χ4n) is 6.56. The lowest BCUT2D eigenvalue weighted by Gasteiger charge is -2.30. The third-order valence-electron chi connectivity index (χ3n) is 8.06. The summed E-state index contributed by atoms with van der Waals surface area (Å²) in [6.45, 7) is 6.05. The number of allylic oxidation sites excluding steroid dienone is 3. The van der Waals surface area contributed by atoms with E-state index in [-0.39, 0.29) is 5.41 Å². The van der Waals surface area contributed by atoms with Crippen LogP contribution in [0.25, 0.3) is 39.0 Å². The van der Waals surface area contributed by atoms with Crippen LogP contribution in [0.1, 0.15) is 34.7 Å². The van der Waals surface area contributed by atoms with E-state index in [4.69, 9.17) is 0 Å². The minimum Gasteiger partial charge on any atom is -0.0985 e. The van der Waals surface area contributed by atoms with Gasteiger partial charge in [0.05, 0.1) is 5.41 Å². The summed E-state index contributed by atoms with van der Waals surface area (Å²) in [5.74, 6) is 0. The van der Waals surface area contributed by atoms with Crippen LogP contribution in [-0.2, 0) is 5.41 Å². The van der Waals surface area contributed by atoms with Gasteiger partial charge < -0.3 is 0 Å². The summed E-state index contributed by atoms with van der Waals surface area (Å²) < 4.78 is 0. The molecule has 1 spiro atoms. The zero-order chi connectivity index (χ0) is 24.3. The molecular weight excluding hydrogens is 432 g/mol. The third-order valence-corrected chi connectivity index (χ3v) is 8.06. The molecule has 0 heterocycles. The van der Waals surface area contributed by atoms with Crippen molar-refractivity contribution >= 4 is 5.57 Å². The van der Waals surface area contributed by atoms with Crippen LogP contribution in [0, 0.1) is 0 Å². The van der Waals surface area contributed by atoms with Gasteiger partial charge in [-0.1, -0.05) is 122 Å². The number of hydrogen-bond donors (Lipinski definition) is 0. The highest BCUT2D eigenvalue weighted by Gasteiger charge is 2.51. The summed E-state index contributed by atoms with van der Waals surface area (Å²) >= 11 is 0. The summed E-state index contributed by atoms with van der Waals surface area (Å²) in [4.78, 5) is 0. The van der Waals surface area contributed by atoms with Crippen LogP contribution in [-0.4, -0.2) is 0 Å². The molecule has 0 heteroatoms. The average Bonchev–Trinajstić information content (AvgIpc) is 3.41. The van der Waals surface area contributed by atoms with E-state index in [0.717, 1.165) is 5.57 Å². The van der Waals surface area contributed by atoms with E-state index < -0.39 is 0 Å². The lowest BCUT2D eigenvalue weighted by molar-refractivity contribution is 0.794. The van der Waals surface area contributed by atoms with Crippen molar-refractivity contribution in [2.45, 2.75) is 12.3 Å². The molecule has 0 nitrogen and oxygen atoms in total. The van der Waals surface area contributed by atoms with Gasteiger partial charge in [0.15, 0.2) is 0 Å². The van der Waals surface area contributed by atoms with Crippen LogP contribution in [0.5, 0.6) is 0 Å². The van der Waals surface area contributed by atoms with Crippen LogP contribution in [0.2, 0.25) is 0 Å². The van der Waals surface area contributed by atoms with Crippen molar-refractivity contribution < 1.29 is 0 Å². The van der Waals surface area contributed by atoms with E-state index in [9.17, 15) is 0 Å². The molecule has 170 valence electrons. The predicted molar refractivity (Wildman–Crippen MR) is 152 cm³/mol. The number of benzene rings is 5. The Kier molecular flexibility index (Phi) is 4.53. The standard InChI is InChI=1S/C36H26/c1-3-24(4-2)25-12-11-13-26(22-25)27-20-21-35-31(23-27)30-16-7-10-19-34(30)36(35)32-17-8-5-14-28(32)29-15-6-9-18-33(29)36/h3-23H,1H2,2H3/b24-4+. The summed E-state index contributed by atoms with van der Waals surface area (Å²) in [6, 6.07) is 42.7. The monoisotopic (exact) mass is 458 g/mol. The zero-order valence-electron chi connectivity index (χ0n) is 20.3. The Hall–Kier alpha value is -4.42. The van der Waals surface area contributed by atoms with E-state index >= 15 is 0 Å². The molecule has 0 radical (unpaired) electrons. The molecular formula is C36H26. The first kappa shape index (κ1) is 20.9. The number of hydrogen-bond acceptors (Lipinski definition) is 0. The van der Waals surface area contributed by atoms with E-state index in [0.29, 0.717) is 0 Å². The lowest BCUT2D eigenvalue weighted by Crippen LogP contribution is -2.25.